The van der Waals surface area contributed by atoms with E-state index in [9.17, 15) is 0 Å². The third-order valence-corrected chi connectivity index (χ3v) is 3.16. The van der Waals surface area contributed by atoms with Crippen LogP contribution in [0.2, 0.25) is 0 Å². The van der Waals surface area contributed by atoms with E-state index in [1.807, 2.05) is 18.2 Å². The molecule has 1 aliphatic rings. The molecule has 2 heteroatoms. The Morgan fingerprint density at radius 3 is 2.35 bits per heavy atom. The number of aryl methyl sites for hydroxylation is 1. The topological polar surface area (TPSA) is 12.5 Å². The van der Waals surface area contributed by atoms with E-state index in [0.29, 0.717) is 0 Å². The fourth-order valence-electron chi connectivity index (χ4n) is 2.35. The molecule has 3 rings (SSSR count). The molecule has 0 unspecified atom stereocenters. The van der Waals surface area contributed by atoms with Gasteiger partial charge in [-0.05, 0) is 37.6 Å². The average Bonchev–Trinajstić information content (AvgIpc) is 2.66. The Hall–Kier alpha value is -1.96. The van der Waals surface area contributed by atoms with Crippen molar-refractivity contribution in [2.75, 3.05) is 4.90 Å². The Morgan fingerprint density at radius 2 is 1.59 bits per heavy atom. The second-order valence-corrected chi connectivity index (χ2v) is 4.34. The monoisotopic (exact) mass is 225 g/mol. The summed E-state index contributed by atoms with van der Waals surface area (Å²) < 4.78 is 5.85. The van der Waals surface area contributed by atoms with Crippen LogP contribution < -0.4 is 9.64 Å². The maximum absolute atomic E-state index is 5.85. The van der Waals surface area contributed by atoms with Crippen molar-refractivity contribution in [2.45, 2.75) is 20.1 Å². The first-order chi connectivity index (χ1) is 8.27. The third-order valence-electron chi connectivity index (χ3n) is 3.16. The van der Waals surface area contributed by atoms with Crippen molar-refractivity contribution in [2.24, 2.45) is 0 Å². The van der Waals surface area contributed by atoms with Gasteiger partial charge in [0, 0.05) is 5.69 Å². The summed E-state index contributed by atoms with van der Waals surface area (Å²) >= 11 is 0. The van der Waals surface area contributed by atoms with Gasteiger partial charge in [0.15, 0.2) is 6.23 Å². The van der Waals surface area contributed by atoms with Gasteiger partial charge in [-0.1, -0.05) is 30.3 Å². The van der Waals surface area contributed by atoms with Gasteiger partial charge in [-0.25, -0.2) is 0 Å². The minimum Gasteiger partial charge on any atom is -0.468 e. The van der Waals surface area contributed by atoms with Gasteiger partial charge in [-0.15, -0.1) is 0 Å². The fraction of sp³-hybridized carbons (Fsp3) is 0.200. The lowest BCUT2D eigenvalue weighted by Crippen LogP contribution is -2.27. The molecule has 2 aromatic rings. The van der Waals surface area contributed by atoms with Gasteiger partial charge >= 0.3 is 0 Å². The highest BCUT2D eigenvalue weighted by Crippen LogP contribution is 2.42. The Bertz CT molecular complexity index is 550. The molecule has 2 aromatic carbocycles. The summed E-state index contributed by atoms with van der Waals surface area (Å²) in [5, 5.41) is 0. The normalized spacial score (nSPS) is 17.8. The van der Waals surface area contributed by atoms with Gasteiger partial charge in [0.1, 0.15) is 5.75 Å². The number of ether oxygens (including phenoxy) is 1. The number of para-hydroxylation sites is 3. The lowest BCUT2D eigenvalue weighted by molar-refractivity contribution is 0.256. The summed E-state index contributed by atoms with van der Waals surface area (Å²) in [6.45, 7) is 4.20. The predicted octanol–water partition coefficient (Wildman–Crippen LogP) is 3.87. The minimum atomic E-state index is 0.0495. The van der Waals surface area contributed by atoms with Gasteiger partial charge in [0.05, 0.1) is 5.69 Å². The smallest absolute Gasteiger partial charge is 0.173 e. The lowest BCUT2D eigenvalue weighted by Gasteiger charge is -2.24. The highest BCUT2D eigenvalue weighted by Gasteiger charge is 2.28. The molecule has 1 aliphatic heterocycles. The number of nitrogens with zero attached hydrogens (tertiary/aromatic N) is 1. The van der Waals surface area contributed by atoms with Crippen molar-refractivity contribution in [3.63, 3.8) is 0 Å². The predicted molar refractivity (Wildman–Crippen MR) is 69.9 cm³/mol. The van der Waals surface area contributed by atoms with E-state index in [4.69, 9.17) is 4.74 Å². The van der Waals surface area contributed by atoms with Crippen LogP contribution in [-0.4, -0.2) is 6.23 Å². The highest BCUT2D eigenvalue weighted by molar-refractivity contribution is 5.74. The molecule has 0 bridgehead atoms. The van der Waals surface area contributed by atoms with Crippen molar-refractivity contribution in [3.8, 4) is 5.75 Å². The zero-order valence-electron chi connectivity index (χ0n) is 10.1. The molecule has 0 radical (unpaired) electrons. The molecular weight excluding hydrogens is 210 g/mol. The highest BCUT2D eigenvalue weighted by atomic mass is 16.5. The Morgan fingerprint density at radius 1 is 0.941 bits per heavy atom. The number of benzene rings is 2. The van der Waals surface area contributed by atoms with Crippen LogP contribution in [0.15, 0.2) is 48.5 Å². The molecule has 2 nitrogen and oxygen atoms in total. The zero-order valence-corrected chi connectivity index (χ0v) is 10.1. The van der Waals surface area contributed by atoms with Crippen LogP contribution in [0.4, 0.5) is 11.4 Å². The Balaban J connectivity index is 2.13. The largest absolute Gasteiger partial charge is 0.468 e. The zero-order chi connectivity index (χ0) is 11.8. The second kappa shape index (κ2) is 3.81. The average molecular weight is 225 g/mol. The molecule has 0 amide bonds. The van der Waals surface area contributed by atoms with Crippen LogP contribution in [0, 0.1) is 6.92 Å². The molecule has 86 valence electrons. The van der Waals surface area contributed by atoms with E-state index < -0.39 is 0 Å². The van der Waals surface area contributed by atoms with Gasteiger partial charge in [-0.3, -0.25) is 0 Å². The molecule has 0 saturated heterocycles. The van der Waals surface area contributed by atoms with Crippen molar-refractivity contribution in [1.82, 2.24) is 0 Å². The number of hydrogen-bond donors (Lipinski definition) is 0. The molecule has 0 N–H and O–H groups in total. The third kappa shape index (κ3) is 1.57. The number of hydrogen-bond acceptors (Lipinski definition) is 2. The van der Waals surface area contributed by atoms with E-state index >= 15 is 0 Å². The number of fused-ring (bicyclic) bond motifs is 1. The SMILES string of the molecule is Cc1ccccc1N1c2ccccc2O[C@@H]1C. The maximum atomic E-state index is 5.85. The molecule has 0 aliphatic carbocycles. The van der Waals surface area contributed by atoms with Gasteiger partial charge < -0.3 is 9.64 Å². The first kappa shape index (κ1) is 10.2. The molecular formula is C15H15NO. The minimum absolute atomic E-state index is 0.0495. The van der Waals surface area contributed by atoms with E-state index in [1.54, 1.807) is 0 Å². The van der Waals surface area contributed by atoms with Crippen LogP contribution in [-0.2, 0) is 0 Å². The summed E-state index contributed by atoms with van der Waals surface area (Å²) in [7, 11) is 0. The number of rotatable bonds is 1. The fourth-order valence-corrected chi connectivity index (χ4v) is 2.35. The Labute approximate surface area is 101 Å². The van der Waals surface area contributed by atoms with E-state index in [-0.39, 0.29) is 6.23 Å². The quantitative estimate of drug-likeness (QED) is 0.730. The number of anilines is 2. The summed E-state index contributed by atoms with van der Waals surface area (Å²) in [6, 6.07) is 16.6. The Kier molecular flexibility index (Phi) is 2.29. The second-order valence-electron chi connectivity index (χ2n) is 4.34. The van der Waals surface area contributed by atoms with Crippen molar-refractivity contribution < 1.29 is 4.74 Å². The molecule has 0 fully saturated rings. The van der Waals surface area contributed by atoms with Crippen LogP contribution in [0.1, 0.15) is 12.5 Å². The standard InChI is InChI=1S/C15H15NO/c1-11-7-3-4-8-13(11)16-12(2)17-15-10-6-5-9-14(15)16/h3-10,12H,1-2H3/t12-/m1/s1. The van der Waals surface area contributed by atoms with Crippen molar-refractivity contribution >= 4 is 11.4 Å². The first-order valence-corrected chi connectivity index (χ1v) is 5.88. The summed E-state index contributed by atoms with van der Waals surface area (Å²) in [5.41, 5.74) is 3.62. The van der Waals surface area contributed by atoms with Crippen LogP contribution in [0.5, 0.6) is 5.75 Å². The molecule has 17 heavy (non-hydrogen) atoms. The first-order valence-electron chi connectivity index (χ1n) is 5.88. The molecule has 0 aromatic heterocycles. The van der Waals surface area contributed by atoms with E-state index in [0.717, 1.165) is 11.4 Å². The summed E-state index contributed by atoms with van der Waals surface area (Å²) in [5.74, 6) is 0.961. The molecule has 1 atom stereocenters. The summed E-state index contributed by atoms with van der Waals surface area (Å²) in [4.78, 5) is 2.24. The molecule has 0 saturated carbocycles. The van der Waals surface area contributed by atoms with Crippen molar-refractivity contribution in [1.29, 1.82) is 0 Å². The maximum Gasteiger partial charge on any atom is 0.173 e. The lowest BCUT2D eigenvalue weighted by atomic mass is 10.1. The van der Waals surface area contributed by atoms with Crippen molar-refractivity contribution in [3.05, 3.63) is 54.1 Å². The van der Waals surface area contributed by atoms with Gasteiger partial charge in [0.25, 0.3) is 0 Å². The van der Waals surface area contributed by atoms with Crippen LogP contribution >= 0.6 is 0 Å². The van der Waals surface area contributed by atoms with E-state index in [1.165, 1.54) is 11.3 Å². The molecule has 1 heterocycles. The van der Waals surface area contributed by atoms with Gasteiger partial charge in [-0.2, -0.15) is 0 Å². The van der Waals surface area contributed by atoms with Crippen LogP contribution in [0.3, 0.4) is 0 Å². The van der Waals surface area contributed by atoms with E-state index in [2.05, 4.69) is 49.1 Å². The van der Waals surface area contributed by atoms with Gasteiger partial charge in [0.2, 0.25) is 0 Å². The van der Waals surface area contributed by atoms with Crippen LogP contribution in [0.25, 0.3) is 0 Å². The summed E-state index contributed by atoms with van der Waals surface area (Å²) in [6.07, 6.45) is 0.0495. The molecule has 0 spiro atoms.